The third-order valence-electron chi connectivity index (χ3n) is 3.73. The molecule has 1 heterocycles. The Balaban J connectivity index is 2.02. The van der Waals surface area contributed by atoms with Gasteiger partial charge in [-0.2, -0.15) is 0 Å². The Hall–Kier alpha value is -1.42. The van der Waals surface area contributed by atoms with E-state index < -0.39 is 12.5 Å². The van der Waals surface area contributed by atoms with Crippen LogP contribution in [0.1, 0.15) is 17.2 Å². The monoisotopic (exact) mass is 337 g/mol. The number of hydrogen-bond donors (Lipinski definition) is 0. The van der Waals surface area contributed by atoms with Crippen LogP contribution in [0.3, 0.4) is 0 Å². The molecule has 1 aliphatic heterocycles. The summed E-state index contributed by atoms with van der Waals surface area (Å²) in [6.45, 7) is 0.619. The van der Waals surface area contributed by atoms with E-state index in [0.717, 1.165) is 27.7 Å². The van der Waals surface area contributed by atoms with E-state index in [1.165, 1.54) is 0 Å². The fourth-order valence-electron chi connectivity index (χ4n) is 2.79. The molecule has 0 radical (unpaired) electrons. The van der Waals surface area contributed by atoms with Gasteiger partial charge in [-0.15, -0.1) is 0 Å². The van der Waals surface area contributed by atoms with Crippen LogP contribution in [0.2, 0.25) is 0 Å². The number of rotatable bonds is 2. The van der Waals surface area contributed by atoms with E-state index in [1.807, 2.05) is 48.5 Å². The second kappa shape index (κ2) is 5.52. The smallest absolute Gasteiger partial charge is 0.262 e. The van der Waals surface area contributed by atoms with E-state index in [-0.39, 0.29) is 0 Å². The van der Waals surface area contributed by atoms with Gasteiger partial charge in [-0.25, -0.2) is 8.78 Å². The molecule has 20 heavy (non-hydrogen) atoms. The molecule has 0 aromatic heterocycles. The van der Waals surface area contributed by atoms with Gasteiger partial charge in [-0.05, 0) is 41.8 Å². The zero-order valence-corrected chi connectivity index (χ0v) is 12.4. The Labute approximate surface area is 125 Å². The van der Waals surface area contributed by atoms with Gasteiger partial charge in [0.1, 0.15) is 6.04 Å². The second-order valence-corrected chi connectivity index (χ2v) is 5.81. The first-order valence-corrected chi connectivity index (χ1v) is 7.34. The minimum absolute atomic E-state index is 0.619. The molecular formula is C16H14BrF2N. The number of fused-ring (bicyclic) bond motifs is 1. The normalized spacial score (nSPS) is 18.2. The molecule has 0 bridgehead atoms. The van der Waals surface area contributed by atoms with Gasteiger partial charge < -0.3 is 4.90 Å². The molecule has 0 fully saturated rings. The molecule has 2 aromatic rings. The fraction of sp³-hybridized carbons (Fsp3) is 0.250. The third kappa shape index (κ3) is 2.44. The van der Waals surface area contributed by atoms with Crippen molar-refractivity contribution < 1.29 is 8.78 Å². The molecule has 2 aromatic carbocycles. The van der Waals surface area contributed by atoms with Crippen molar-refractivity contribution in [3.05, 3.63) is 64.1 Å². The second-order valence-electron chi connectivity index (χ2n) is 4.90. The summed E-state index contributed by atoms with van der Waals surface area (Å²) in [6, 6.07) is 14.2. The Morgan fingerprint density at radius 3 is 2.45 bits per heavy atom. The van der Waals surface area contributed by atoms with Gasteiger partial charge in [0.25, 0.3) is 6.43 Å². The Morgan fingerprint density at radius 2 is 1.75 bits per heavy atom. The Morgan fingerprint density at radius 1 is 1.05 bits per heavy atom. The molecule has 104 valence electrons. The minimum Gasteiger partial charge on any atom is -0.359 e. The van der Waals surface area contributed by atoms with Gasteiger partial charge in [-0.3, -0.25) is 0 Å². The first-order valence-electron chi connectivity index (χ1n) is 6.55. The van der Waals surface area contributed by atoms with E-state index in [1.54, 1.807) is 4.90 Å². The van der Waals surface area contributed by atoms with Crippen molar-refractivity contribution in [2.45, 2.75) is 18.9 Å². The van der Waals surface area contributed by atoms with Crippen LogP contribution >= 0.6 is 15.9 Å². The lowest BCUT2D eigenvalue weighted by Crippen LogP contribution is -2.39. The van der Waals surface area contributed by atoms with Crippen LogP contribution in [0.15, 0.2) is 53.0 Å². The predicted molar refractivity (Wildman–Crippen MR) is 80.4 cm³/mol. The largest absolute Gasteiger partial charge is 0.359 e. The summed E-state index contributed by atoms with van der Waals surface area (Å²) in [4.78, 5) is 1.80. The molecule has 0 aliphatic carbocycles. The van der Waals surface area contributed by atoms with Gasteiger partial charge in [0.15, 0.2) is 0 Å². The summed E-state index contributed by atoms with van der Waals surface area (Å²) in [5.41, 5.74) is 2.62. The predicted octanol–water partition coefficient (Wildman–Crippen LogP) is 4.82. The molecule has 0 saturated heterocycles. The summed E-state index contributed by atoms with van der Waals surface area (Å²) in [5, 5.41) is 0. The lowest BCUT2D eigenvalue weighted by molar-refractivity contribution is 0.109. The van der Waals surface area contributed by atoms with Crippen LogP contribution in [0.5, 0.6) is 0 Å². The maximum Gasteiger partial charge on any atom is 0.262 e. The zero-order chi connectivity index (χ0) is 14.1. The van der Waals surface area contributed by atoms with Crippen LogP contribution in [0.4, 0.5) is 14.5 Å². The summed E-state index contributed by atoms with van der Waals surface area (Å²) in [6.07, 6.45) is -1.60. The average Bonchev–Trinajstić information content (AvgIpc) is 2.46. The van der Waals surface area contributed by atoms with Gasteiger partial charge in [0.05, 0.1) is 0 Å². The van der Waals surface area contributed by atoms with Crippen LogP contribution in [-0.4, -0.2) is 13.0 Å². The van der Waals surface area contributed by atoms with Crippen molar-refractivity contribution in [3.8, 4) is 0 Å². The molecule has 1 unspecified atom stereocenters. The van der Waals surface area contributed by atoms with E-state index in [2.05, 4.69) is 15.9 Å². The highest BCUT2D eigenvalue weighted by Crippen LogP contribution is 2.37. The first kappa shape index (κ1) is 13.6. The maximum atomic E-state index is 13.6. The number of nitrogens with zero attached hydrogens (tertiary/aromatic N) is 1. The van der Waals surface area contributed by atoms with Gasteiger partial charge in [0.2, 0.25) is 0 Å². The van der Waals surface area contributed by atoms with Crippen molar-refractivity contribution >= 4 is 21.6 Å². The summed E-state index contributed by atoms with van der Waals surface area (Å²) < 4.78 is 28.1. The summed E-state index contributed by atoms with van der Waals surface area (Å²) in [7, 11) is 0. The molecule has 0 amide bonds. The quantitative estimate of drug-likeness (QED) is 0.759. The summed E-state index contributed by atoms with van der Waals surface area (Å²) >= 11 is 3.37. The number of halogens is 3. The molecule has 3 rings (SSSR count). The first-order chi connectivity index (χ1) is 9.66. The lowest BCUT2D eigenvalue weighted by Gasteiger charge is -2.38. The number of anilines is 1. The highest BCUT2D eigenvalue weighted by atomic mass is 79.9. The lowest BCUT2D eigenvalue weighted by atomic mass is 9.92. The van der Waals surface area contributed by atoms with Crippen LogP contribution in [0.25, 0.3) is 0 Å². The van der Waals surface area contributed by atoms with Gasteiger partial charge in [-0.1, -0.05) is 40.2 Å². The SMILES string of the molecule is FC(F)C1c2ccccc2CCN1c1ccc(Br)cc1. The van der Waals surface area contributed by atoms with Crippen LogP contribution in [-0.2, 0) is 6.42 Å². The molecule has 1 atom stereocenters. The Bertz CT molecular complexity index is 598. The van der Waals surface area contributed by atoms with E-state index >= 15 is 0 Å². The van der Waals surface area contributed by atoms with E-state index in [4.69, 9.17) is 0 Å². The fourth-order valence-corrected chi connectivity index (χ4v) is 3.06. The zero-order valence-electron chi connectivity index (χ0n) is 10.8. The third-order valence-corrected chi connectivity index (χ3v) is 4.26. The molecule has 1 nitrogen and oxygen atoms in total. The van der Waals surface area contributed by atoms with Gasteiger partial charge in [0, 0.05) is 16.7 Å². The van der Waals surface area contributed by atoms with Crippen LogP contribution in [0, 0.1) is 0 Å². The van der Waals surface area contributed by atoms with E-state index in [0.29, 0.717) is 6.54 Å². The van der Waals surface area contributed by atoms with Crippen molar-refractivity contribution in [1.82, 2.24) is 0 Å². The molecule has 0 spiro atoms. The van der Waals surface area contributed by atoms with E-state index in [9.17, 15) is 8.78 Å². The molecule has 1 aliphatic rings. The van der Waals surface area contributed by atoms with Gasteiger partial charge >= 0.3 is 0 Å². The van der Waals surface area contributed by atoms with Crippen molar-refractivity contribution in [2.24, 2.45) is 0 Å². The van der Waals surface area contributed by atoms with Crippen molar-refractivity contribution in [1.29, 1.82) is 0 Å². The average molecular weight is 338 g/mol. The molecule has 4 heteroatoms. The highest BCUT2D eigenvalue weighted by Gasteiger charge is 2.34. The molecule has 0 saturated carbocycles. The standard InChI is InChI=1S/C16H14BrF2N/c17-12-5-7-13(8-6-12)20-10-9-11-3-1-2-4-14(11)15(20)16(18)19/h1-8,15-16H,9-10H2. The summed E-state index contributed by atoms with van der Waals surface area (Å²) in [5.74, 6) is 0. The van der Waals surface area contributed by atoms with Crippen molar-refractivity contribution in [3.63, 3.8) is 0 Å². The molecule has 0 N–H and O–H groups in total. The minimum atomic E-state index is -2.40. The topological polar surface area (TPSA) is 3.24 Å². The number of benzene rings is 2. The highest BCUT2D eigenvalue weighted by molar-refractivity contribution is 9.10. The van der Waals surface area contributed by atoms with Crippen molar-refractivity contribution in [2.75, 3.05) is 11.4 Å². The maximum absolute atomic E-state index is 13.6. The molecular weight excluding hydrogens is 324 g/mol. The van der Waals surface area contributed by atoms with Crippen LogP contribution < -0.4 is 4.90 Å². The Kier molecular flexibility index (Phi) is 3.74. The number of alkyl halides is 2. The number of hydrogen-bond acceptors (Lipinski definition) is 1.